The highest BCUT2D eigenvalue weighted by atomic mass is 32.1. The lowest BCUT2D eigenvalue weighted by atomic mass is 10.1. The maximum atomic E-state index is 12.9. The maximum Gasteiger partial charge on any atom is 0.256 e. The molecule has 1 aliphatic heterocycles. The van der Waals surface area contributed by atoms with Crippen LogP contribution in [0.3, 0.4) is 0 Å². The molecule has 0 unspecified atom stereocenters. The molecule has 0 aliphatic carbocycles. The average Bonchev–Trinajstić information content (AvgIpc) is 2.74. The van der Waals surface area contributed by atoms with Crippen molar-refractivity contribution in [2.24, 2.45) is 0 Å². The summed E-state index contributed by atoms with van der Waals surface area (Å²) in [6.07, 6.45) is 2.87. The van der Waals surface area contributed by atoms with Crippen LogP contribution in [0.5, 0.6) is 0 Å². The van der Waals surface area contributed by atoms with Crippen LogP contribution in [0, 0.1) is 5.82 Å². The minimum Gasteiger partial charge on any atom is -0.336 e. The van der Waals surface area contributed by atoms with Gasteiger partial charge in [0.2, 0.25) is 5.91 Å². The number of benzene rings is 2. The molecule has 0 saturated carbocycles. The van der Waals surface area contributed by atoms with Crippen LogP contribution < -0.4 is 10.6 Å². The Kier molecular flexibility index (Phi) is 7.26. The number of amides is 2. The Morgan fingerprint density at radius 3 is 2.40 bits per heavy atom. The standard InChI is InChI=1S/C22H23FN4O2S/c1-26-12-14-27(15-13-26)21(29)18-4-2-3-5-19(18)24-22(30)25-20(28)11-8-16-6-9-17(23)10-7-16/h2-11H,12-15H2,1H3,(H2,24,25,28,30). The van der Waals surface area contributed by atoms with Gasteiger partial charge in [0.1, 0.15) is 5.82 Å². The van der Waals surface area contributed by atoms with E-state index in [1.54, 1.807) is 42.5 Å². The third kappa shape index (κ3) is 5.95. The molecular formula is C22H23FN4O2S. The van der Waals surface area contributed by atoms with Gasteiger partial charge in [-0.2, -0.15) is 0 Å². The summed E-state index contributed by atoms with van der Waals surface area (Å²) in [7, 11) is 2.03. The van der Waals surface area contributed by atoms with Crippen molar-refractivity contribution in [3.8, 4) is 0 Å². The highest BCUT2D eigenvalue weighted by Gasteiger charge is 2.22. The summed E-state index contributed by atoms with van der Waals surface area (Å²) in [5.74, 6) is -0.844. The quantitative estimate of drug-likeness (QED) is 0.582. The molecule has 2 amide bonds. The summed E-state index contributed by atoms with van der Waals surface area (Å²) in [5, 5.41) is 5.57. The third-order valence-electron chi connectivity index (χ3n) is 4.73. The van der Waals surface area contributed by atoms with Crippen molar-refractivity contribution in [3.05, 3.63) is 71.6 Å². The zero-order valence-electron chi connectivity index (χ0n) is 16.6. The number of nitrogens with zero attached hydrogens (tertiary/aromatic N) is 2. The Morgan fingerprint density at radius 1 is 1.03 bits per heavy atom. The summed E-state index contributed by atoms with van der Waals surface area (Å²) in [6, 6.07) is 12.8. The van der Waals surface area contributed by atoms with E-state index in [0.29, 0.717) is 29.9 Å². The molecule has 0 spiro atoms. The molecule has 3 rings (SSSR count). The van der Waals surface area contributed by atoms with Crippen LogP contribution in [0.2, 0.25) is 0 Å². The number of likely N-dealkylation sites (N-methyl/N-ethyl adjacent to an activating group) is 1. The summed E-state index contributed by atoms with van der Waals surface area (Å²) >= 11 is 5.22. The number of nitrogens with one attached hydrogen (secondary N) is 2. The number of hydrogen-bond donors (Lipinski definition) is 2. The van der Waals surface area contributed by atoms with Crippen molar-refractivity contribution < 1.29 is 14.0 Å². The Hall–Kier alpha value is -3.10. The molecule has 0 aromatic heterocycles. The lowest BCUT2D eigenvalue weighted by molar-refractivity contribution is -0.115. The smallest absolute Gasteiger partial charge is 0.256 e. The molecule has 2 aromatic rings. The summed E-state index contributed by atoms with van der Waals surface area (Å²) < 4.78 is 12.9. The van der Waals surface area contributed by atoms with E-state index in [0.717, 1.165) is 13.1 Å². The molecule has 1 fully saturated rings. The molecule has 30 heavy (non-hydrogen) atoms. The number of anilines is 1. The summed E-state index contributed by atoms with van der Waals surface area (Å²) in [6.45, 7) is 2.99. The van der Waals surface area contributed by atoms with E-state index in [-0.39, 0.29) is 16.8 Å². The van der Waals surface area contributed by atoms with E-state index in [1.807, 2.05) is 11.9 Å². The van der Waals surface area contributed by atoms with Gasteiger partial charge in [-0.15, -0.1) is 0 Å². The zero-order chi connectivity index (χ0) is 21.5. The molecule has 6 nitrogen and oxygen atoms in total. The van der Waals surface area contributed by atoms with Gasteiger partial charge in [-0.25, -0.2) is 4.39 Å². The van der Waals surface area contributed by atoms with E-state index in [4.69, 9.17) is 12.2 Å². The summed E-state index contributed by atoms with van der Waals surface area (Å²) in [4.78, 5) is 29.0. The lowest BCUT2D eigenvalue weighted by Crippen LogP contribution is -2.47. The van der Waals surface area contributed by atoms with Crippen LogP contribution in [0.15, 0.2) is 54.6 Å². The van der Waals surface area contributed by atoms with Crippen molar-refractivity contribution >= 4 is 40.9 Å². The van der Waals surface area contributed by atoms with Crippen molar-refractivity contribution in [2.75, 3.05) is 38.5 Å². The van der Waals surface area contributed by atoms with E-state index in [9.17, 15) is 14.0 Å². The number of para-hydroxylation sites is 1. The predicted octanol–water partition coefficient (Wildman–Crippen LogP) is 2.74. The fraction of sp³-hybridized carbons (Fsp3) is 0.227. The van der Waals surface area contributed by atoms with Crippen LogP contribution in [-0.4, -0.2) is 60.0 Å². The fourth-order valence-electron chi connectivity index (χ4n) is 3.01. The second-order valence-electron chi connectivity index (χ2n) is 6.97. The van der Waals surface area contributed by atoms with E-state index in [2.05, 4.69) is 15.5 Å². The Balaban J connectivity index is 1.60. The minimum absolute atomic E-state index is 0.0727. The van der Waals surface area contributed by atoms with Crippen LogP contribution in [0.4, 0.5) is 10.1 Å². The number of rotatable bonds is 4. The van der Waals surface area contributed by atoms with Crippen molar-refractivity contribution in [1.29, 1.82) is 0 Å². The Labute approximate surface area is 180 Å². The highest BCUT2D eigenvalue weighted by molar-refractivity contribution is 7.80. The van der Waals surface area contributed by atoms with Crippen molar-refractivity contribution in [3.63, 3.8) is 0 Å². The molecule has 0 bridgehead atoms. The number of hydrogen-bond acceptors (Lipinski definition) is 4. The highest BCUT2D eigenvalue weighted by Crippen LogP contribution is 2.18. The monoisotopic (exact) mass is 426 g/mol. The van der Waals surface area contributed by atoms with Crippen molar-refractivity contribution in [2.45, 2.75) is 0 Å². The number of carbonyl (C=O) groups is 2. The van der Waals surface area contributed by atoms with Gasteiger partial charge in [-0.05, 0) is 55.2 Å². The molecular weight excluding hydrogens is 403 g/mol. The van der Waals surface area contributed by atoms with Gasteiger partial charge in [0.05, 0.1) is 11.3 Å². The van der Waals surface area contributed by atoms with Crippen LogP contribution in [0.1, 0.15) is 15.9 Å². The molecule has 1 aliphatic rings. The summed E-state index contributed by atoms with van der Waals surface area (Å²) in [5.41, 5.74) is 1.73. The second kappa shape index (κ2) is 10.1. The minimum atomic E-state index is -0.431. The third-order valence-corrected chi connectivity index (χ3v) is 4.93. The fourth-order valence-corrected chi connectivity index (χ4v) is 3.22. The molecule has 0 radical (unpaired) electrons. The van der Waals surface area contributed by atoms with Crippen LogP contribution in [0.25, 0.3) is 6.08 Å². The first-order chi connectivity index (χ1) is 14.4. The van der Waals surface area contributed by atoms with E-state index >= 15 is 0 Å². The molecule has 8 heteroatoms. The van der Waals surface area contributed by atoms with Gasteiger partial charge in [0.25, 0.3) is 5.91 Å². The Bertz CT molecular complexity index is 954. The molecule has 156 valence electrons. The van der Waals surface area contributed by atoms with Gasteiger partial charge in [0, 0.05) is 32.3 Å². The topological polar surface area (TPSA) is 64.7 Å². The van der Waals surface area contributed by atoms with Crippen LogP contribution in [-0.2, 0) is 4.79 Å². The van der Waals surface area contributed by atoms with Crippen molar-refractivity contribution in [1.82, 2.24) is 15.1 Å². The van der Waals surface area contributed by atoms with Gasteiger partial charge >= 0.3 is 0 Å². The first kappa shape index (κ1) is 21.6. The van der Waals surface area contributed by atoms with E-state index < -0.39 is 5.91 Å². The Morgan fingerprint density at radius 2 is 1.70 bits per heavy atom. The normalized spacial score (nSPS) is 14.5. The molecule has 1 heterocycles. The van der Waals surface area contributed by atoms with Gasteiger partial charge < -0.3 is 15.1 Å². The number of carbonyl (C=O) groups excluding carboxylic acids is 2. The average molecular weight is 427 g/mol. The molecule has 0 atom stereocenters. The maximum absolute atomic E-state index is 12.9. The van der Waals surface area contributed by atoms with Gasteiger partial charge in [-0.3, -0.25) is 14.9 Å². The SMILES string of the molecule is CN1CCN(C(=O)c2ccccc2NC(=S)NC(=O)C=Cc2ccc(F)cc2)CC1. The lowest BCUT2D eigenvalue weighted by Gasteiger charge is -2.32. The predicted molar refractivity (Wildman–Crippen MR) is 120 cm³/mol. The number of piperazine rings is 1. The molecule has 1 saturated heterocycles. The number of thiocarbonyl (C=S) groups is 1. The first-order valence-corrected chi connectivity index (χ1v) is 9.95. The zero-order valence-corrected chi connectivity index (χ0v) is 17.4. The van der Waals surface area contributed by atoms with E-state index in [1.165, 1.54) is 18.2 Å². The van der Waals surface area contributed by atoms with Gasteiger partial charge in [0.15, 0.2) is 5.11 Å². The largest absolute Gasteiger partial charge is 0.336 e. The molecule has 2 aromatic carbocycles. The van der Waals surface area contributed by atoms with Crippen LogP contribution >= 0.6 is 12.2 Å². The second-order valence-corrected chi connectivity index (χ2v) is 7.38. The van der Waals surface area contributed by atoms with Gasteiger partial charge in [-0.1, -0.05) is 24.3 Å². The number of halogens is 1. The molecule has 2 N–H and O–H groups in total. The first-order valence-electron chi connectivity index (χ1n) is 9.55.